The Morgan fingerprint density at radius 3 is 2.74 bits per heavy atom. The summed E-state index contributed by atoms with van der Waals surface area (Å²) in [5, 5.41) is 10.3. The van der Waals surface area contributed by atoms with E-state index in [4.69, 9.17) is 11.6 Å². The zero-order valence-electron chi connectivity index (χ0n) is 11.6. The number of likely N-dealkylation sites (tertiary alicyclic amines) is 1. The van der Waals surface area contributed by atoms with E-state index in [0.717, 1.165) is 13.0 Å². The average Bonchev–Trinajstić information content (AvgIpc) is 2.36. The lowest BCUT2D eigenvalue weighted by atomic mass is 9.85. The van der Waals surface area contributed by atoms with Gasteiger partial charge in [0.2, 0.25) is 0 Å². The lowest BCUT2D eigenvalue weighted by molar-refractivity contribution is 0.0453. The standard InChI is InChI=1S/C15H20ClNO2/c1-9-6-10(2)11(3)17(8-9)15(19)13-7-12(16)4-5-14(13)18/h4-5,7,9-11,18H,6,8H2,1-3H3. The number of hydrogen-bond donors (Lipinski definition) is 1. The van der Waals surface area contributed by atoms with Crippen LogP contribution in [0.4, 0.5) is 0 Å². The van der Waals surface area contributed by atoms with E-state index in [2.05, 4.69) is 20.8 Å². The van der Waals surface area contributed by atoms with Crippen LogP contribution < -0.4 is 0 Å². The molecule has 1 saturated heterocycles. The topological polar surface area (TPSA) is 40.5 Å². The first-order valence-electron chi connectivity index (χ1n) is 6.69. The molecule has 1 N–H and O–H groups in total. The summed E-state index contributed by atoms with van der Waals surface area (Å²) >= 11 is 5.91. The molecule has 4 heteroatoms. The molecular formula is C15H20ClNO2. The molecule has 1 amide bonds. The van der Waals surface area contributed by atoms with Crippen molar-refractivity contribution < 1.29 is 9.90 Å². The molecule has 1 aliphatic rings. The van der Waals surface area contributed by atoms with E-state index in [1.165, 1.54) is 12.1 Å². The highest BCUT2D eigenvalue weighted by molar-refractivity contribution is 6.31. The largest absolute Gasteiger partial charge is 0.507 e. The van der Waals surface area contributed by atoms with Crippen LogP contribution in [0.25, 0.3) is 0 Å². The fraction of sp³-hybridized carbons (Fsp3) is 0.533. The molecule has 1 fully saturated rings. The lowest BCUT2D eigenvalue weighted by Crippen LogP contribution is -2.48. The van der Waals surface area contributed by atoms with Gasteiger partial charge >= 0.3 is 0 Å². The third-order valence-corrected chi connectivity index (χ3v) is 4.28. The molecule has 3 atom stereocenters. The number of aromatic hydroxyl groups is 1. The first-order chi connectivity index (χ1) is 8.90. The van der Waals surface area contributed by atoms with Crippen molar-refractivity contribution in [2.75, 3.05) is 6.54 Å². The average molecular weight is 282 g/mol. The van der Waals surface area contributed by atoms with Gasteiger partial charge in [0.05, 0.1) is 5.56 Å². The van der Waals surface area contributed by atoms with Crippen LogP contribution in [0, 0.1) is 11.8 Å². The maximum Gasteiger partial charge on any atom is 0.257 e. The first kappa shape index (κ1) is 14.2. The molecule has 0 bridgehead atoms. The molecule has 1 aromatic rings. The summed E-state index contributed by atoms with van der Waals surface area (Å²) in [6.07, 6.45) is 1.13. The molecular weight excluding hydrogens is 262 g/mol. The second-order valence-electron chi connectivity index (χ2n) is 5.68. The van der Waals surface area contributed by atoms with Gasteiger partial charge < -0.3 is 10.0 Å². The number of benzene rings is 1. The molecule has 0 aromatic heterocycles. The Kier molecular flexibility index (Phi) is 4.04. The van der Waals surface area contributed by atoms with Crippen molar-refractivity contribution in [2.24, 2.45) is 11.8 Å². The Balaban J connectivity index is 2.30. The van der Waals surface area contributed by atoms with Gasteiger partial charge in [0.1, 0.15) is 5.75 Å². The van der Waals surface area contributed by atoms with Crippen LogP contribution in [0.1, 0.15) is 37.6 Å². The maximum absolute atomic E-state index is 12.6. The normalized spacial score (nSPS) is 27.4. The number of piperidine rings is 1. The zero-order valence-corrected chi connectivity index (χ0v) is 12.3. The first-order valence-corrected chi connectivity index (χ1v) is 7.07. The minimum Gasteiger partial charge on any atom is -0.507 e. The summed E-state index contributed by atoms with van der Waals surface area (Å²) in [5.74, 6) is 0.809. The second-order valence-corrected chi connectivity index (χ2v) is 6.11. The van der Waals surface area contributed by atoms with E-state index in [9.17, 15) is 9.90 Å². The number of phenolic OH excluding ortho intramolecular Hbond substituents is 1. The van der Waals surface area contributed by atoms with Crippen LogP contribution >= 0.6 is 11.6 Å². The summed E-state index contributed by atoms with van der Waals surface area (Å²) < 4.78 is 0. The molecule has 1 aliphatic heterocycles. The third-order valence-electron chi connectivity index (χ3n) is 4.05. The molecule has 0 radical (unpaired) electrons. The molecule has 0 saturated carbocycles. The van der Waals surface area contributed by atoms with E-state index in [-0.39, 0.29) is 17.7 Å². The molecule has 0 spiro atoms. The highest BCUT2D eigenvalue weighted by Gasteiger charge is 2.33. The van der Waals surface area contributed by atoms with Crippen LogP contribution in [0.3, 0.4) is 0 Å². The van der Waals surface area contributed by atoms with E-state index in [1.54, 1.807) is 6.07 Å². The van der Waals surface area contributed by atoms with Crippen molar-refractivity contribution >= 4 is 17.5 Å². The quantitative estimate of drug-likeness (QED) is 0.855. The minimum atomic E-state index is -0.133. The molecule has 1 heterocycles. The van der Waals surface area contributed by atoms with E-state index >= 15 is 0 Å². The van der Waals surface area contributed by atoms with E-state index in [0.29, 0.717) is 22.4 Å². The Labute approximate surface area is 119 Å². The van der Waals surface area contributed by atoms with Crippen LogP contribution in [0.15, 0.2) is 18.2 Å². The molecule has 3 unspecified atom stereocenters. The summed E-state index contributed by atoms with van der Waals surface area (Å²) in [4.78, 5) is 14.4. The fourth-order valence-corrected chi connectivity index (χ4v) is 2.99. The molecule has 0 aliphatic carbocycles. The lowest BCUT2D eigenvalue weighted by Gasteiger charge is -2.41. The molecule has 19 heavy (non-hydrogen) atoms. The molecule has 2 rings (SSSR count). The summed E-state index contributed by atoms with van der Waals surface area (Å²) in [7, 11) is 0. The van der Waals surface area contributed by atoms with Gasteiger partial charge in [0.25, 0.3) is 5.91 Å². The number of carbonyl (C=O) groups excluding carboxylic acids is 1. The van der Waals surface area contributed by atoms with Crippen LogP contribution in [0.2, 0.25) is 5.02 Å². The van der Waals surface area contributed by atoms with Gasteiger partial charge in [-0.15, -0.1) is 0 Å². The van der Waals surface area contributed by atoms with Gasteiger partial charge in [-0.25, -0.2) is 0 Å². The number of nitrogens with zero attached hydrogens (tertiary/aromatic N) is 1. The monoisotopic (exact) mass is 281 g/mol. The summed E-state index contributed by atoms with van der Waals surface area (Å²) in [6, 6.07) is 4.77. The van der Waals surface area contributed by atoms with Crippen molar-refractivity contribution in [3.63, 3.8) is 0 Å². The number of hydrogen-bond acceptors (Lipinski definition) is 2. The van der Waals surface area contributed by atoms with Crippen LogP contribution in [0.5, 0.6) is 5.75 Å². The van der Waals surface area contributed by atoms with Gasteiger partial charge in [-0.3, -0.25) is 4.79 Å². The van der Waals surface area contributed by atoms with Crippen molar-refractivity contribution in [1.29, 1.82) is 0 Å². The maximum atomic E-state index is 12.6. The third kappa shape index (κ3) is 2.86. The molecule has 3 nitrogen and oxygen atoms in total. The Morgan fingerprint density at radius 2 is 2.05 bits per heavy atom. The second kappa shape index (κ2) is 5.41. The zero-order chi connectivity index (χ0) is 14.2. The Hall–Kier alpha value is -1.22. The van der Waals surface area contributed by atoms with Crippen LogP contribution in [-0.2, 0) is 0 Å². The fourth-order valence-electron chi connectivity index (χ4n) is 2.82. The van der Waals surface area contributed by atoms with Gasteiger partial charge in [-0.1, -0.05) is 25.4 Å². The smallest absolute Gasteiger partial charge is 0.257 e. The number of halogens is 1. The van der Waals surface area contributed by atoms with Crippen LogP contribution in [-0.4, -0.2) is 28.5 Å². The van der Waals surface area contributed by atoms with Crippen molar-refractivity contribution in [3.05, 3.63) is 28.8 Å². The summed E-state index contributed by atoms with van der Waals surface area (Å²) in [6.45, 7) is 7.12. The molecule has 104 valence electrons. The highest BCUT2D eigenvalue weighted by atomic mass is 35.5. The number of phenols is 1. The summed E-state index contributed by atoms with van der Waals surface area (Å²) in [5.41, 5.74) is 0.292. The van der Waals surface area contributed by atoms with E-state index < -0.39 is 0 Å². The number of carbonyl (C=O) groups is 1. The Morgan fingerprint density at radius 1 is 1.37 bits per heavy atom. The van der Waals surface area contributed by atoms with Gasteiger partial charge in [-0.2, -0.15) is 0 Å². The predicted octanol–water partition coefficient (Wildman–Crippen LogP) is 3.55. The van der Waals surface area contributed by atoms with Crippen molar-refractivity contribution in [1.82, 2.24) is 4.90 Å². The highest BCUT2D eigenvalue weighted by Crippen LogP contribution is 2.30. The SMILES string of the molecule is CC1CC(C)C(C)N(C(=O)c2cc(Cl)ccc2O)C1. The minimum absolute atomic E-state index is 0.00696. The van der Waals surface area contributed by atoms with Gasteiger partial charge in [0.15, 0.2) is 0 Å². The predicted molar refractivity (Wildman–Crippen MR) is 76.6 cm³/mol. The Bertz CT molecular complexity index is 489. The number of amides is 1. The van der Waals surface area contributed by atoms with E-state index in [1.807, 2.05) is 4.90 Å². The molecule has 1 aromatic carbocycles. The van der Waals surface area contributed by atoms with Crippen molar-refractivity contribution in [2.45, 2.75) is 33.2 Å². The number of rotatable bonds is 1. The van der Waals surface area contributed by atoms with Crippen molar-refractivity contribution in [3.8, 4) is 5.75 Å². The van der Waals surface area contributed by atoms with Gasteiger partial charge in [0, 0.05) is 17.6 Å². The van der Waals surface area contributed by atoms with Gasteiger partial charge in [-0.05, 0) is 43.4 Å².